The number of hydrogen-bond donors (Lipinski definition) is 1. The average Bonchev–Trinajstić information content (AvgIpc) is 2.20. The van der Waals surface area contributed by atoms with Crippen molar-refractivity contribution in [3.63, 3.8) is 0 Å². The Morgan fingerprint density at radius 1 is 1.46 bits per heavy atom. The lowest BCUT2D eigenvalue weighted by molar-refractivity contribution is 0.317. The van der Waals surface area contributed by atoms with Gasteiger partial charge in [0.05, 0.1) is 5.71 Å². The summed E-state index contributed by atoms with van der Waals surface area (Å²) in [5, 5.41) is 7.48. The molecule has 0 aliphatic rings. The van der Waals surface area contributed by atoms with E-state index in [0.717, 1.165) is 25.0 Å². The van der Waals surface area contributed by atoms with Crippen molar-refractivity contribution in [2.24, 2.45) is 5.16 Å². The highest BCUT2D eigenvalue weighted by Crippen LogP contribution is 2.04. The molecule has 1 N–H and O–H groups in total. The van der Waals surface area contributed by atoms with Gasteiger partial charge in [-0.05, 0) is 31.7 Å². The molecule has 70 valence electrons. The molecule has 0 fully saturated rings. The summed E-state index contributed by atoms with van der Waals surface area (Å²) in [7, 11) is 0. The van der Waals surface area contributed by atoms with E-state index in [1.807, 2.05) is 25.1 Å². The molecule has 0 amide bonds. The first-order chi connectivity index (χ1) is 6.83. The molecule has 1 aromatic carbocycles. The van der Waals surface area contributed by atoms with Gasteiger partial charge in [-0.1, -0.05) is 35.5 Å². The van der Waals surface area contributed by atoms with Crippen LogP contribution in [0.1, 0.15) is 25.3 Å². The predicted octanol–water partition coefficient (Wildman–Crippen LogP) is 2.86. The zero-order valence-corrected chi connectivity index (χ0v) is 7.86. The lowest BCUT2D eigenvalue weighted by Crippen LogP contribution is -1.93. The fraction of sp³-hybridized carbons (Fsp3) is 0.364. The molecular weight excluding hydrogens is 162 g/mol. The van der Waals surface area contributed by atoms with Gasteiger partial charge in [0, 0.05) is 0 Å². The second-order valence-corrected chi connectivity index (χ2v) is 3.17. The Labute approximate surface area is 80.4 Å². The van der Waals surface area contributed by atoms with Gasteiger partial charge in [-0.15, -0.1) is 0 Å². The minimum absolute atomic E-state index is 0.871. The van der Waals surface area contributed by atoms with Crippen LogP contribution in [0.5, 0.6) is 0 Å². The maximum Gasteiger partial charge on any atom is 0.330 e. The zero-order chi connectivity index (χ0) is 10.2. The molecule has 0 radical (unpaired) electrons. The highest BCUT2D eigenvalue weighted by Gasteiger charge is 1.94. The molecule has 1 rings (SSSR count). The van der Waals surface area contributed by atoms with E-state index in [1.54, 1.807) is 0 Å². The summed E-state index contributed by atoms with van der Waals surface area (Å²) in [6.07, 6.45) is 2.97. The zero-order valence-electron chi connectivity index (χ0n) is 8.86. The molecule has 13 heavy (non-hydrogen) atoms. The summed E-state index contributed by atoms with van der Waals surface area (Å²) in [6, 6.07) is 10.3. The number of hydrogen-bond acceptors (Lipinski definition) is 2. The standard InChI is InChI=1S/C11H15NO/c1-10(12-13)6-5-9-11-7-3-2-4-8-11/h2-4,7-8,13H,5-6,9H2,1H3/b12-10+/i/hD. The summed E-state index contributed by atoms with van der Waals surface area (Å²) in [6.45, 7) is 1.87. The van der Waals surface area contributed by atoms with Crippen LogP contribution in [0.25, 0.3) is 0 Å². The first-order valence-corrected chi connectivity index (χ1v) is 4.52. The molecule has 0 saturated heterocycles. The molecule has 2 nitrogen and oxygen atoms in total. The van der Waals surface area contributed by atoms with E-state index in [9.17, 15) is 0 Å². The van der Waals surface area contributed by atoms with Crippen LogP contribution in [0.2, 0.25) is 1.43 Å². The van der Waals surface area contributed by atoms with Crippen molar-refractivity contribution in [2.45, 2.75) is 26.2 Å². The molecule has 0 aromatic heterocycles. The van der Waals surface area contributed by atoms with Crippen LogP contribution in [-0.2, 0) is 6.42 Å². The van der Waals surface area contributed by atoms with Crippen molar-refractivity contribution < 1.29 is 6.64 Å². The smallest absolute Gasteiger partial charge is 0.330 e. The monoisotopic (exact) mass is 178 g/mol. The minimum Gasteiger partial charge on any atom is -0.411 e. The van der Waals surface area contributed by atoms with Gasteiger partial charge in [-0.2, -0.15) is 0 Å². The van der Waals surface area contributed by atoms with Gasteiger partial charge < -0.3 is 5.21 Å². The van der Waals surface area contributed by atoms with Crippen molar-refractivity contribution in [2.75, 3.05) is 0 Å². The minimum atomic E-state index is 0.871. The van der Waals surface area contributed by atoms with Crippen LogP contribution in [0.4, 0.5) is 0 Å². The van der Waals surface area contributed by atoms with Gasteiger partial charge in [0.1, 0.15) is 0 Å². The second-order valence-electron chi connectivity index (χ2n) is 3.17. The van der Waals surface area contributed by atoms with Crippen LogP contribution < -0.4 is 0 Å². The lowest BCUT2D eigenvalue weighted by Gasteiger charge is -1.99. The maximum absolute atomic E-state index is 6.45. The molecule has 0 bridgehead atoms. The Bertz CT molecular complexity index is 285. The third-order valence-electron chi connectivity index (χ3n) is 2.00. The van der Waals surface area contributed by atoms with Crippen molar-refractivity contribution in [1.82, 2.24) is 0 Å². The number of benzene rings is 1. The van der Waals surface area contributed by atoms with E-state index in [0.29, 0.717) is 0 Å². The Balaban J connectivity index is 2.25. The fourth-order valence-electron chi connectivity index (χ4n) is 1.24. The molecule has 2 heteroatoms. The largest absolute Gasteiger partial charge is 0.411 e. The predicted molar refractivity (Wildman–Crippen MR) is 54.3 cm³/mol. The van der Waals surface area contributed by atoms with E-state index < -0.39 is 0 Å². The van der Waals surface area contributed by atoms with E-state index >= 15 is 0 Å². The topological polar surface area (TPSA) is 32.6 Å². The van der Waals surface area contributed by atoms with Gasteiger partial charge >= 0.3 is 1.43 Å². The fourth-order valence-corrected chi connectivity index (χ4v) is 1.24. The third-order valence-corrected chi connectivity index (χ3v) is 2.00. The molecule has 0 saturated carbocycles. The van der Waals surface area contributed by atoms with Gasteiger partial charge in [0.15, 0.2) is 0 Å². The molecule has 0 atom stereocenters. The van der Waals surface area contributed by atoms with Crippen LogP contribution in [0.15, 0.2) is 35.5 Å². The van der Waals surface area contributed by atoms with Gasteiger partial charge in [-0.25, -0.2) is 0 Å². The van der Waals surface area contributed by atoms with Gasteiger partial charge in [0.2, 0.25) is 0 Å². The second kappa shape index (κ2) is 5.36. The number of rotatable bonds is 5. The quantitative estimate of drug-likeness (QED) is 0.419. The highest BCUT2D eigenvalue weighted by atomic mass is 16.4. The van der Waals surface area contributed by atoms with Gasteiger partial charge in [-0.3, -0.25) is 0 Å². The summed E-state index contributed by atoms with van der Waals surface area (Å²) >= 11 is 0. The molecular formula is C11H15NO. The highest BCUT2D eigenvalue weighted by molar-refractivity contribution is 5.81. The first kappa shape index (κ1) is 8.30. The van der Waals surface area contributed by atoms with Crippen molar-refractivity contribution in [3.8, 4) is 0 Å². The van der Waals surface area contributed by atoms with E-state index in [-0.39, 0.29) is 0 Å². The first-order valence-electron chi connectivity index (χ1n) is 4.93. The summed E-state index contributed by atoms with van der Waals surface area (Å²) < 4.78 is 6.45. The molecule has 0 aliphatic heterocycles. The van der Waals surface area contributed by atoms with Crippen LogP contribution in [0.3, 0.4) is 0 Å². The molecule has 1 aromatic rings. The molecule has 0 aliphatic carbocycles. The third kappa shape index (κ3) is 3.74. The summed E-state index contributed by atoms with van der Waals surface area (Å²) in [4.78, 5) is 0. The molecule has 0 spiro atoms. The normalized spacial score (nSPS) is 12.4. The number of nitrogens with zero attached hydrogens (tertiary/aromatic N) is 1. The molecule has 0 unspecified atom stereocenters. The SMILES string of the molecule is [2H]O/N=C(\C)CCCc1ccccc1. The summed E-state index contributed by atoms with van der Waals surface area (Å²) in [5.41, 5.74) is 2.21. The lowest BCUT2D eigenvalue weighted by atomic mass is 10.1. The Kier molecular flexibility index (Phi) is 3.42. The van der Waals surface area contributed by atoms with E-state index in [1.165, 1.54) is 5.56 Å². The van der Waals surface area contributed by atoms with Crippen LogP contribution >= 0.6 is 0 Å². The number of oxime groups is 1. The van der Waals surface area contributed by atoms with E-state index in [2.05, 4.69) is 22.5 Å². The Hall–Kier alpha value is -1.31. The van der Waals surface area contributed by atoms with Crippen LogP contribution in [0, 0.1) is 0 Å². The maximum atomic E-state index is 6.45. The van der Waals surface area contributed by atoms with Gasteiger partial charge in [0.25, 0.3) is 0 Å². The summed E-state index contributed by atoms with van der Waals surface area (Å²) in [5.74, 6) is 0. The van der Waals surface area contributed by atoms with E-state index in [4.69, 9.17) is 1.43 Å². The van der Waals surface area contributed by atoms with Crippen molar-refractivity contribution in [3.05, 3.63) is 35.9 Å². The average molecular weight is 178 g/mol. The van der Waals surface area contributed by atoms with Crippen LogP contribution in [-0.4, -0.2) is 10.9 Å². The number of aryl methyl sites for hydroxylation is 1. The Morgan fingerprint density at radius 2 is 2.23 bits per heavy atom. The van der Waals surface area contributed by atoms with Crippen molar-refractivity contribution in [1.29, 1.82) is 0 Å². The van der Waals surface area contributed by atoms with Crippen molar-refractivity contribution >= 4 is 5.71 Å². The molecule has 0 heterocycles. The Morgan fingerprint density at radius 3 is 2.92 bits per heavy atom.